The molecule has 106 valence electrons. The van der Waals surface area contributed by atoms with Crippen molar-refractivity contribution < 1.29 is 4.79 Å². The smallest absolute Gasteiger partial charge is 0.222 e. The van der Waals surface area contributed by atoms with Gasteiger partial charge in [-0.1, -0.05) is 13.3 Å². The zero-order chi connectivity index (χ0) is 13.4. The van der Waals surface area contributed by atoms with Crippen molar-refractivity contribution in [2.45, 2.75) is 51.5 Å². The van der Waals surface area contributed by atoms with E-state index in [4.69, 9.17) is 5.73 Å². The van der Waals surface area contributed by atoms with E-state index in [-0.39, 0.29) is 6.04 Å². The number of carbonyl (C=O) groups excluding carboxylic acids is 1. The molecule has 0 spiro atoms. The molecule has 1 rings (SSSR count). The highest BCUT2D eigenvalue weighted by Gasteiger charge is 2.24. The molecule has 18 heavy (non-hydrogen) atoms. The Morgan fingerprint density at radius 1 is 1.56 bits per heavy atom. The molecular formula is C14H29N3O. The van der Waals surface area contributed by atoms with Crippen molar-refractivity contribution in [1.29, 1.82) is 0 Å². The predicted octanol–water partition coefficient (Wildman–Crippen LogP) is 1.35. The van der Waals surface area contributed by atoms with Crippen LogP contribution in [0.4, 0.5) is 0 Å². The molecule has 0 bridgehead atoms. The average Bonchev–Trinajstić information content (AvgIpc) is 2.36. The number of hydrogen-bond acceptors (Lipinski definition) is 3. The van der Waals surface area contributed by atoms with Gasteiger partial charge < -0.3 is 16.0 Å². The molecule has 0 aliphatic carbocycles. The van der Waals surface area contributed by atoms with Crippen molar-refractivity contribution >= 4 is 5.91 Å². The SMILES string of the molecule is CCCCC(=O)N1CCCC(CC(N)CNC)C1. The van der Waals surface area contributed by atoms with Gasteiger partial charge in [0.1, 0.15) is 0 Å². The second-order valence-corrected chi connectivity index (χ2v) is 5.51. The lowest BCUT2D eigenvalue weighted by Gasteiger charge is -2.34. The lowest BCUT2D eigenvalue weighted by molar-refractivity contribution is -0.133. The lowest BCUT2D eigenvalue weighted by Crippen LogP contribution is -2.43. The van der Waals surface area contributed by atoms with E-state index < -0.39 is 0 Å². The van der Waals surface area contributed by atoms with Gasteiger partial charge in [0.2, 0.25) is 5.91 Å². The lowest BCUT2D eigenvalue weighted by atomic mass is 9.91. The maximum Gasteiger partial charge on any atom is 0.222 e. The molecular weight excluding hydrogens is 226 g/mol. The number of piperidine rings is 1. The Bertz CT molecular complexity index is 245. The third-order valence-corrected chi connectivity index (χ3v) is 3.72. The van der Waals surface area contributed by atoms with E-state index in [1.807, 2.05) is 7.05 Å². The minimum absolute atomic E-state index is 0.214. The molecule has 4 nitrogen and oxygen atoms in total. The Morgan fingerprint density at radius 3 is 3.00 bits per heavy atom. The Balaban J connectivity index is 2.33. The number of nitrogens with two attached hydrogens (primary N) is 1. The molecule has 0 aromatic heterocycles. The quantitative estimate of drug-likeness (QED) is 0.722. The summed E-state index contributed by atoms with van der Waals surface area (Å²) in [6.45, 7) is 4.85. The largest absolute Gasteiger partial charge is 0.342 e. The average molecular weight is 255 g/mol. The Hall–Kier alpha value is -0.610. The molecule has 3 N–H and O–H groups in total. The molecule has 1 aliphatic rings. The third kappa shape index (κ3) is 5.36. The monoisotopic (exact) mass is 255 g/mol. The maximum absolute atomic E-state index is 12.0. The summed E-state index contributed by atoms with van der Waals surface area (Å²) in [4.78, 5) is 14.0. The second kappa shape index (κ2) is 8.48. The third-order valence-electron chi connectivity index (χ3n) is 3.72. The fraction of sp³-hybridized carbons (Fsp3) is 0.929. The van der Waals surface area contributed by atoms with Crippen molar-refractivity contribution in [3.8, 4) is 0 Å². The van der Waals surface area contributed by atoms with Crippen LogP contribution >= 0.6 is 0 Å². The highest BCUT2D eigenvalue weighted by atomic mass is 16.2. The number of unbranched alkanes of at least 4 members (excludes halogenated alkanes) is 1. The minimum atomic E-state index is 0.214. The van der Waals surface area contributed by atoms with Gasteiger partial charge in [-0.2, -0.15) is 0 Å². The van der Waals surface area contributed by atoms with Gasteiger partial charge >= 0.3 is 0 Å². The van der Waals surface area contributed by atoms with E-state index in [0.29, 0.717) is 18.2 Å². The summed E-state index contributed by atoms with van der Waals surface area (Å²) >= 11 is 0. The maximum atomic E-state index is 12.0. The zero-order valence-electron chi connectivity index (χ0n) is 12.0. The predicted molar refractivity (Wildman–Crippen MR) is 75.3 cm³/mol. The first-order chi connectivity index (χ1) is 8.67. The van der Waals surface area contributed by atoms with Gasteiger partial charge in [0.15, 0.2) is 0 Å². The number of carbonyl (C=O) groups is 1. The summed E-state index contributed by atoms with van der Waals surface area (Å²) in [7, 11) is 1.93. The van der Waals surface area contributed by atoms with E-state index in [9.17, 15) is 4.79 Å². The van der Waals surface area contributed by atoms with Crippen molar-refractivity contribution in [2.24, 2.45) is 11.7 Å². The van der Waals surface area contributed by atoms with Crippen LogP contribution in [0, 0.1) is 5.92 Å². The number of nitrogens with one attached hydrogen (secondary N) is 1. The standard InChI is InChI=1S/C14H29N3O/c1-3-4-7-14(18)17-8-5-6-12(11-17)9-13(15)10-16-2/h12-13,16H,3-11,15H2,1-2H3. The number of rotatable bonds is 7. The molecule has 0 aromatic carbocycles. The highest BCUT2D eigenvalue weighted by molar-refractivity contribution is 5.76. The van der Waals surface area contributed by atoms with Crippen molar-refractivity contribution in [1.82, 2.24) is 10.2 Å². The van der Waals surface area contributed by atoms with Crippen LogP contribution in [0.25, 0.3) is 0 Å². The molecule has 1 fully saturated rings. The second-order valence-electron chi connectivity index (χ2n) is 5.51. The van der Waals surface area contributed by atoms with Crippen LogP contribution in [0.5, 0.6) is 0 Å². The molecule has 1 saturated heterocycles. The first-order valence-electron chi connectivity index (χ1n) is 7.35. The molecule has 0 saturated carbocycles. The molecule has 1 heterocycles. The van der Waals surface area contributed by atoms with Crippen LogP contribution in [0.15, 0.2) is 0 Å². The van der Waals surface area contributed by atoms with Gasteiger partial charge in [-0.3, -0.25) is 4.79 Å². The van der Waals surface area contributed by atoms with Crippen LogP contribution in [-0.2, 0) is 4.79 Å². The molecule has 2 atom stereocenters. The van der Waals surface area contributed by atoms with Crippen molar-refractivity contribution in [2.75, 3.05) is 26.7 Å². The van der Waals surface area contributed by atoms with Gasteiger partial charge in [-0.15, -0.1) is 0 Å². The van der Waals surface area contributed by atoms with Gasteiger partial charge in [0.05, 0.1) is 0 Å². The van der Waals surface area contributed by atoms with Crippen LogP contribution in [0.2, 0.25) is 0 Å². The topological polar surface area (TPSA) is 58.4 Å². The van der Waals surface area contributed by atoms with Crippen molar-refractivity contribution in [3.63, 3.8) is 0 Å². The highest BCUT2D eigenvalue weighted by Crippen LogP contribution is 2.21. The first-order valence-corrected chi connectivity index (χ1v) is 7.35. The molecule has 4 heteroatoms. The number of likely N-dealkylation sites (N-methyl/N-ethyl adjacent to an activating group) is 1. The number of likely N-dealkylation sites (tertiary alicyclic amines) is 1. The van der Waals surface area contributed by atoms with E-state index in [0.717, 1.165) is 45.3 Å². The van der Waals surface area contributed by atoms with Crippen molar-refractivity contribution in [3.05, 3.63) is 0 Å². The van der Waals surface area contributed by atoms with E-state index in [2.05, 4.69) is 17.1 Å². The fourth-order valence-electron chi connectivity index (χ4n) is 2.74. The number of amides is 1. The first kappa shape index (κ1) is 15.4. The normalized spacial score (nSPS) is 21.9. The summed E-state index contributed by atoms with van der Waals surface area (Å²) in [5.41, 5.74) is 6.05. The van der Waals surface area contributed by atoms with Crippen LogP contribution in [0.3, 0.4) is 0 Å². The van der Waals surface area contributed by atoms with Crippen LogP contribution in [-0.4, -0.2) is 43.5 Å². The molecule has 1 amide bonds. The fourth-order valence-corrected chi connectivity index (χ4v) is 2.74. The van der Waals surface area contributed by atoms with Gasteiger partial charge in [-0.05, 0) is 38.6 Å². The summed E-state index contributed by atoms with van der Waals surface area (Å²) in [6, 6.07) is 0.214. The van der Waals surface area contributed by atoms with Crippen LogP contribution in [0.1, 0.15) is 45.4 Å². The number of nitrogens with zero attached hydrogens (tertiary/aromatic N) is 1. The van der Waals surface area contributed by atoms with Gasteiger partial charge in [0.25, 0.3) is 0 Å². The Morgan fingerprint density at radius 2 is 2.33 bits per heavy atom. The van der Waals surface area contributed by atoms with Gasteiger partial charge in [0, 0.05) is 32.1 Å². The summed E-state index contributed by atoms with van der Waals surface area (Å²) in [6.07, 6.45) is 6.20. The molecule has 0 radical (unpaired) electrons. The molecule has 1 aliphatic heterocycles. The van der Waals surface area contributed by atoms with Crippen LogP contribution < -0.4 is 11.1 Å². The minimum Gasteiger partial charge on any atom is -0.342 e. The molecule has 0 aromatic rings. The van der Waals surface area contributed by atoms with E-state index in [1.165, 1.54) is 6.42 Å². The Kier molecular flexibility index (Phi) is 7.28. The zero-order valence-corrected chi connectivity index (χ0v) is 12.0. The van der Waals surface area contributed by atoms with Gasteiger partial charge in [-0.25, -0.2) is 0 Å². The molecule has 2 unspecified atom stereocenters. The van der Waals surface area contributed by atoms with E-state index >= 15 is 0 Å². The summed E-state index contributed by atoms with van der Waals surface area (Å²) in [5, 5.41) is 3.11. The Labute approximate surface area is 111 Å². The number of hydrogen-bond donors (Lipinski definition) is 2. The summed E-state index contributed by atoms with van der Waals surface area (Å²) < 4.78 is 0. The summed E-state index contributed by atoms with van der Waals surface area (Å²) in [5.74, 6) is 0.927. The van der Waals surface area contributed by atoms with E-state index in [1.54, 1.807) is 0 Å².